The number of aromatic nitrogens is 1. The van der Waals surface area contributed by atoms with E-state index < -0.39 is 29.5 Å². The SMILES string of the molecule is CCOC(=O)c1sc(N2C(=O)C(=O)C(=C(O)c3ccc4c(c3)OCCO4)C2c2ccc(O)c(OC)c2)nc1C. The van der Waals surface area contributed by atoms with E-state index in [-0.39, 0.29) is 39.3 Å². The van der Waals surface area contributed by atoms with Crippen molar-refractivity contribution in [1.29, 1.82) is 0 Å². The van der Waals surface area contributed by atoms with Gasteiger partial charge in [-0.15, -0.1) is 0 Å². The van der Waals surface area contributed by atoms with Crippen LogP contribution in [0.1, 0.15) is 39.5 Å². The number of rotatable bonds is 6. The predicted molar refractivity (Wildman–Crippen MR) is 140 cm³/mol. The molecule has 2 aromatic carbocycles. The molecule has 39 heavy (non-hydrogen) atoms. The van der Waals surface area contributed by atoms with Gasteiger partial charge in [0.05, 0.1) is 31.0 Å². The topological polar surface area (TPSA) is 145 Å². The fraction of sp³-hybridized carbons (Fsp3) is 0.259. The Balaban J connectivity index is 1.69. The largest absolute Gasteiger partial charge is 0.507 e. The van der Waals surface area contributed by atoms with Gasteiger partial charge in [0.1, 0.15) is 23.9 Å². The number of aliphatic hydroxyl groups excluding tert-OH is 1. The summed E-state index contributed by atoms with van der Waals surface area (Å²) in [5, 5.41) is 21.6. The van der Waals surface area contributed by atoms with Crippen LogP contribution in [0.2, 0.25) is 0 Å². The number of ether oxygens (including phenoxy) is 4. The molecular formula is C27H24N2O9S. The van der Waals surface area contributed by atoms with E-state index in [1.165, 1.54) is 31.4 Å². The zero-order valence-electron chi connectivity index (χ0n) is 21.2. The van der Waals surface area contributed by atoms with Gasteiger partial charge < -0.3 is 29.2 Å². The number of hydrogen-bond acceptors (Lipinski definition) is 11. The molecule has 1 atom stereocenters. The smallest absolute Gasteiger partial charge is 0.350 e. The number of benzene rings is 2. The number of esters is 1. The number of Topliss-reactive ketones (excluding diaryl/α,β-unsaturated/α-hetero) is 1. The van der Waals surface area contributed by atoms with Crippen LogP contribution in [0.25, 0.3) is 5.76 Å². The lowest BCUT2D eigenvalue weighted by molar-refractivity contribution is -0.132. The number of carbonyl (C=O) groups is 3. The first kappa shape index (κ1) is 26.0. The van der Waals surface area contributed by atoms with Gasteiger partial charge in [-0.1, -0.05) is 17.4 Å². The van der Waals surface area contributed by atoms with E-state index in [2.05, 4.69) is 4.98 Å². The summed E-state index contributed by atoms with van der Waals surface area (Å²) in [5.74, 6) is -2.13. The number of phenols is 1. The minimum Gasteiger partial charge on any atom is -0.507 e. The highest BCUT2D eigenvalue weighted by Gasteiger charge is 2.48. The number of anilines is 1. The molecule has 0 saturated carbocycles. The predicted octanol–water partition coefficient (Wildman–Crippen LogP) is 3.74. The van der Waals surface area contributed by atoms with Gasteiger partial charge in [0.25, 0.3) is 5.78 Å². The fourth-order valence-electron chi connectivity index (χ4n) is 4.43. The van der Waals surface area contributed by atoms with Crippen LogP contribution in [0, 0.1) is 6.92 Å². The molecule has 2 N–H and O–H groups in total. The summed E-state index contributed by atoms with van der Waals surface area (Å²) in [6.45, 7) is 4.12. The lowest BCUT2D eigenvalue weighted by Gasteiger charge is -2.24. The first-order valence-electron chi connectivity index (χ1n) is 12.0. The lowest BCUT2D eigenvalue weighted by atomic mass is 9.95. The molecule has 2 aliphatic heterocycles. The molecule has 1 fully saturated rings. The summed E-state index contributed by atoms with van der Waals surface area (Å²) < 4.78 is 21.5. The number of amides is 1. The average molecular weight is 553 g/mol. The molecule has 1 unspecified atom stereocenters. The fourth-order valence-corrected chi connectivity index (χ4v) is 5.41. The van der Waals surface area contributed by atoms with Crippen molar-refractivity contribution < 1.29 is 43.5 Å². The number of fused-ring (bicyclic) bond motifs is 1. The molecule has 0 aliphatic carbocycles. The van der Waals surface area contributed by atoms with Crippen molar-refractivity contribution in [2.75, 3.05) is 31.8 Å². The number of methoxy groups -OCH3 is 1. The molecule has 1 saturated heterocycles. The van der Waals surface area contributed by atoms with E-state index in [1.807, 2.05) is 0 Å². The maximum absolute atomic E-state index is 13.5. The van der Waals surface area contributed by atoms with Crippen LogP contribution in [0.4, 0.5) is 5.13 Å². The van der Waals surface area contributed by atoms with Gasteiger partial charge in [0.2, 0.25) is 0 Å². The van der Waals surface area contributed by atoms with E-state index in [0.717, 1.165) is 16.2 Å². The molecule has 0 bridgehead atoms. The molecule has 2 aliphatic rings. The number of aromatic hydroxyl groups is 1. The van der Waals surface area contributed by atoms with Crippen molar-refractivity contribution in [3.63, 3.8) is 0 Å². The Morgan fingerprint density at radius 1 is 1.15 bits per heavy atom. The van der Waals surface area contributed by atoms with E-state index in [0.29, 0.717) is 36.0 Å². The monoisotopic (exact) mass is 552 g/mol. The summed E-state index contributed by atoms with van der Waals surface area (Å²) in [6, 6.07) is 7.85. The normalized spacial score (nSPS) is 17.8. The second-order valence-electron chi connectivity index (χ2n) is 8.59. The molecule has 1 amide bonds. The van der Waals surface area contributed by atoms with Crippen LogP contribution in [0.5, 0.6) is 23.0 Å². The second kappa shape index (κ2) is 10.3. The zero-order valence-corrected chi connectivity index (χ0v) is 22.0. The number of hydrogen-bond donors (Lipinski definition) is 2. The molecule has 202 valence electrons. The first-order valence-corrected chi connectivity index (χ1v) is 12.8. The zero-order chi connectivity index (χ0) is 27.8. The lowest BCUT2D eigenvalue weighted by Crippen LogP contribution is -2.29. The Morgan fingerprint density at radius 3 is 2.62 bits per heavy atom. The molecule has 12 heteroatoms. The average Bonchev–Trinajstić information content (AvgIpc) is 3.44. The van der Waals surface area contributed by atoms with Gasteiger partial charge >= 0.3 is 11.9 Å². The maximum atomic E-state index is 13.5. The number of carbonyl (C=O) groups excluding carboxylic acids is 3. The van der Waals surface area contributed by atoms with Crippen molar-refractivity contribution in [3.05, 3.63) is 63.7 Å². The Morgan fingerprint density at radius 2 is 1.90 bits per heavy atom. The molecule has 0 radical (unpaired) electrons. The highest BCUT2D eigenvalue weighted by Crippen LogP contribution is 2.46. The van der Waals surface area contributed by atoms with Crippen molar-refractivity contribution in [3.8, 4) is 23.0 Å². The molecule has 5 rings (SSSR count). The van der Waals surface area contributed by atoms with Gasteiger partial charge in [-0.05, 0) is 49.7 Å². The van der Waals surface area contributed by atoms with Crippen LogP contribution < -0.4 is 19.1 Å². The second-order valence-corrected chi connectivity index (χ2v) is 9.57. The molecule has 3 heterocycles. The minimum atomic E-state index is -1.16. The molecule has 0 spiro atoms. The highest BCUT2D eigenvalue weighted by molar-refractivity contribution is 7.17. The van der Waals surface area contributed by atoms with E-state index >= 15 is 0 Å². The van der Waals surface area contributed by atoms with Crippen molar-refractivity contribution in [1.82, 2.24) is 4.98 Å². The summed E-state index contributed by atoms with van der Waals surface area (Å²) in [7, 11) is 1.36. The Hall–Kier alpha value is -4.58. The van der Waals surface area contributed by atoms with Crippen LogP contribution >= 0.6 is 11.3 Å². The van der Waals surface area contributed by atoms with Gasteiger partial charge in [-0.3, -0.25) is 14.5 Å². The van der Waals surface area contributed by atoms with Crippen molar-refractivity contribution in [2.45, 2.75) is 19.9 Å². The number of thiazole rings is 1. The Labute approximate surface area is 226 Å². The summed E-state index contributed by atoms with van der Waals surface area (Å²) >= 11 is 0.896. The molecular weight excluding hydrogens is 528 g/mol. The Bertz CT molecular complexity index is 1530. The minimum absolute atomic E-state index is 0.0657. The van der Waals surface area contributed by atoms with E-state index in [1.54, 1.807) is 26.0 Å². The third kappa shape index (κ3) is 4.52. The quantitative estimate of drug-likeness (QED) is 0.201. The Kier molecular flexibility index (Phi) is 6.87. The van der Waals surface area contributed by atoms with Crippen LogP contribution in [0.15, 0.2) is 42.0 Å². The van der Waals surface area contributed by atoms with Gasteiger partial charge in [0.15, 0.2) is 28.1 Å². The van der Waals surface area contributed by atoms with Crippen molar-refractivity contribution >= 4 is 39.9 Å². The number of aliphatic hydroxyl groups is 1. The van der Waals surface area contributed by atoms with Crippen molar-refractivity contribution in [2.24, 2.45) is 0 Å². The summed E-state index contributed by atoms with van der Waals surface area (Å²) in [5.41, 5.74) is 0.697. The number of ketones is 1. The summed E-state index contributed by atoms with van der Waals surface area (Å²) in [6.07, 6.45) is 0. The number of nitrogens with zero attached hydrogens (tertiary/aromatic N) is 2. The maximum Gasteiger partial charge on any atom is 0.350 e. The molecule has 3 aromatic rings. The van der Waals surface area contributed by atoms with E-state index in [9.17, 15) is 24.6 Å². The third-order valence-corrected chi connectivity index (χ3v) is 7.37. The van der Waals surface area contributed by atoms with Gasteiger partial charge in [0, 0.05) is 5.56 Å². The first-order chi connectivity index (χ1) is 18.7. The van der Waals surface area contributed by atoms with Gasteiger partial charge in [-0.25, -0.2) is 9.78 Å². The molecule has 1 aromatic heterocycles. The number of aryl methyl sites for hydroxylation is 1. The van der Waals surface area contributed by atoms with Crippen LogP contribution in [-0.4, -0.2) is 59.8 Å². The van der Waals surface area contributed by atoms with E-state index in [4.69, 9.17) is 18.9 Å². The third-order valence-electron chi connectivity index (χ3n) is 6.23. The standard InChI is InChI=1S/C27H24N2O9S/c1-4-36-26(34)24-13(2)28-27(39-24)29-21(14-5-7-16(30)18(11-14)35-3)20(23(32)25(29)33)22(31)15-6-8-17-19(12-15)38-10-9-37-17/h5-8,11-12,21,30-31H,4,9-10H2,1-3H3. The van der Waals surface area contributed by atoms with Crippen LogP contribution in [-0.2, 0) is 14.3 Å². The number of phenolic OH excluding ortho intramolecular Hbond substituents is 1. The highest BCUT2D eigenvalue weighted by atomic mass is 32.1. The molecule has 11 nitrogen and oxygen atoms in total. The van der Waals surface area contributed by atoms with Crippen LogP contribution in [0.3, 0.4) is 0 Å². The van der Waals surface area contributed by atoms with Gasteiger partial charge in [-0.2, -0.15) is 0 Å². The summed E-state index contributed by atoms with van der Waals surface area (Å²) in [4.78, 5) is 45.1.